The molecule has 0 radical (unpaired) electrons. The van der Waals surface area contributed by atoms with Crippen LogP contribution in [0.15, 0.2) is 30.3 Å². The molecule has 2 heterocycles. The predicted molar refractivity (Wildman–Crippen MR) is 84.9 cm³/mol. The molecule has 3 atom stereocenters. The summed E-state index contributed by atoms with van der Waals surface area (Å²) in [4.78, 5) is 0. The molecule has 3 unspecified atom stereocenters. The predicted octanol–water partition coefficient (Wildman–Crippen LogP) is 3.53. The molecule has 0 N–H and O–H groups in total. The summed E-state index contributed by atoms with van der Waals surface area (Å²) >= 11 is 0. The first-order valence-corrected chi connectivity index (χ1v) is 11.0. The SMILES string of the molecule is CCC12CC(C)C(C[Si](C)(C)c3ccccc3)(CO1)O2. The minimum atomic E-state index is -1.50. The molecule has 0 saturated carbocycles. The summed E-state index contributed by atoms with van der Waals surface area (Å²) in [7, 11) is -1.50. The van der Waals surface area contributed by atoms with Gasteiger partial charge in [0.2, 0.25) is 0 Å². The van der Waals surface area contributed by atoms with E-state index in [1.807, 2.05) is 0 Å². The molecule has 2 bridgehead atoms. The summed E-state index contributed by atoms with van der Waals surface area (Å²) in [5.74, 6) is 0.326. The first-order chi connectivity index (χ1) is 9.41. The van der Waals surface area contributed by atoms with Crippen molar-refractivity contribution in [3.8, 4) is 0 Å². The Hall–Kier alpha value is -0.643. The molecule has 0 amide bonds. The third kappa shape index (κ3) is 2.16. The van der Waals surface area contributed by atoms with E-state index >= 15 is 0 Å². The van der Waals surface area contributed by atoms with E-state index in [1.165, 1.54) is 5.19 Å². The Morgan fingerprint density at radius 3 is 2.50 bits per heavy atom. The quantitative estimate of drug-likeness (QED) is 0.790. The van der Waals surface area contributed by atoms with Crippen LogP contribution in [0.25, 0.3) is 0 Å². The normalized spacial score (nSPS) is 36.5. The molecule has 20 heavy (non-hydrogen) atoms. The van der Waals surface area contributed by atoms with Crippen LogP contribution in [0.3, 0.4) is 0 Å². The molecule has 0 aliphatic carbocycles. The Balaban J connectivity index is 1.84. The highest BCUT2D eigenvalue weighted by atomic mass is 28.3. The van der Waals surface area contributed by atoms with Gasteiger partial charge < -0.3 is 9.47 Å². The molecular weight excluding hydrogens is 264 g/mol. The molecule has 3 rings (SSSR count). The van der Waals surface area contributed by atoms with Crippen molar-refractivity contribution in [3.63, 3.8) is 0 Å². The average molecular weight is 290 g/mol. The van der Waals surface area contributed by atoms with Gasteiger partial charge >= 0.3 is 0 Å². The van der Waals surface area contributed by atoms with Crippen LogP contribution in [-0.4, -0.2) is 26.1 Å². The number of hydrogen-bond donors (Lipinski definition) is 0. The fraction of sp³-hybridized carbons (Fsp3) is 0.647. The lowest BCUT2D eigenvalue weighted by Crippen LogP contribution is -2.51. The van der Waals surface area contributed by atoms with Gasteiger partial charge in [-0.15, -0.1) is 0 Å². The van der Waals surface area contributed by atoms with Gasteiger partial charge in [0.25, 0.3) is 0 Å². The van der Waals surface area contributed by atoms with Crippen molar-refractivity contribution in [1.82, 2.24) is 0 Å². The van der Waals surface area contributed by atoms with E-state index in [1.54, 1.807) is 0 Å². The average Bonchev–Trinajstić information content (AvgIpc) is 2.92. The van der Waals surface area contributed by atoms with Gasteiger partial charge in [0, 0.05) is 6.42 Å². The zero-order chi connectivity index (χ0) is 14.4. The highest BCUT2D eigenvalue weighted by Crippen LogP contribution is 2.54. The van der Waals surface area contributed by atoms with Crippen LogP contribution in [0.4, 0.5) is 0 Å². The highest BCUT2D eigenvalue weighted by molar-refractivity contribution is 6.90. The zero-order valence-corrected chi connectivity index (χ0v) is 14.1. The molecule has 2 aliphatic rings. The maximum absolute atomic E-state index is 6.48. The van der Waals surface area contributed by atoms with Crippen molar-refractivity contribution in [3.05, 3.63) is 30.3 Å². The van der Waals surface area contributed by atoms with Crippen LogP contribution in [0, 0.1) is 5.92 Å². The Kier molecular flexibility index (Phi) is 3.35. The summed E-state index contributed by atoms with van der Waals surface area (Å²) in [6, 6.07) is 12.1. The maximum Gasteiger partial charge on any atom is 0.169 e. The molecule has 2 nitrogen and oxygen atoms in total. The molecule has 1 aromatic carbocycles. The molecular formula is C17H26O2Si. The fourth-order valence-corrected chi connectivity index (χ4v) is 7.32. The smallest absolute Gasteiger partial charge is 0.169 e. The van der Waals surface area contributed by atoms with Gasteiger partial charge in [0.15, 0.2) is 5.79 Å². The fourth-order valence-electron chi connectivity index (χ4n) is 4.00. The topological polar surface area (TPSA) is 18.5 Å². The van der Waals surface area contributed by atoms with E-state index in [2.05, 4.69) is 57.3 Å². The number of hydrogen-bond acceptors (Lipinski definition) is 2. The number of fused-ring (bicyclic) bond motifs is 2. The lowest BCUT2D eigenvalue weighted by atomic mass is 9.87. The second-order valence-electron chi connectivity index (χ2n) is 7.25. The Bertz CT molecular complexity index is 487. The molecule has 2 saturated heterocycles. The second-order valence-corrected chi connectivity index (χ2v) is 12.0. The first-order valence-electron chi connectivity index (χ1n) is 7.81. The van der Waals surface area contributed by atoms with Crippen LogP contribution in [0.1, 0.15) is 26.7 Å². The third-order valence-electron chi connectivity index (χ3n) is 5.32. The van der Waals surface area contributed by atoms with E-state index < -0.39 is 8.07 Å². The van der Waals surface area contributed by atoms with E-state index in [0.29, 0.717) is 5.92 Å². The minimum absolute atomic E-state index is 0.0401. The Morgan fingerprint density at radius 1 is 1.25 bits per heavy atom. The van der Waals surface area contributed by atoms with Crippen molar-refractivity contribution < 1.29 is 9.47 Å². The molecule has 1 aromatic rings. The van der Waals surface area contributed by atoms with E-state index in [-0.39, 0.29) is 11.4 Å². The maximum atomic E-state index is 6.48. The highest BCUT2D eigenvalue weighted by Gasteiger charge is 2.61. The van der Waals surface area contributed by atoms with Gasteiger partial charge in [0.1, 0.15) is 0 Å². The van der Waals surface area contributed by atoms with Gasteiger partial charge in [-0.05, 0) is 18.4 Å². The van der Waals surface area contributed by atoms with Crippen LogP contribution < -0.4 is 5.19 Å². The minimum Gasteiger partial charge on any atom is -0.347 e. The lowest BCUT2D eigenvalue weighted by Gasteiger charge is -2.36. The first kappa shape index (κ1) is 14.3. The van der Waals surface area contributed by atoms with E-state index in [9.17, 15) is 0 Å². The molecule has 2 fully saturated rings. The van der Waals surface area contributed by atoms with Gasteiger partial charge in [-0.1, -0.05) is 62.5 Å². The van der Waals surface area contributed by atoms with Crippen molar-refractivity contribution in [2.45, 2.75) is 57.2 Å². The molecule has 3 heteroatoms. The van der Waals surface area contributed by atoms with Crippen molar-refractivity contribution in [2.75, 3.05) is 6.61 Å². The van der Waals surface area contributed by atoms with Gasteiger partial charge in [-0.3, -0.25) is 0 Å². The molecule has 0 aromatic heterocycles. The molecule has 110 valence electrons. The summed E-state index contributed by atoms with van der Waals surface area (Å²) < 4.78 is 12.5. The van der Waals surface area contributed by atoms with Crippen LogP contribution in [-0.2, 0) is 9.47 Å². The third-order valence-corrected chi connectivity index (χ3v) is 8.70. The van der Waals surface area contributed by atoms with Crippen LogP contribution in [0.2, 0.25) is 19.1 Å². The summed E-state index contributed by atoms with van der Waals surface area (Å²) in [6.07, 6.45) is 2.02. The van der Waals surface area contributed by atoms with Gasteiger partial charge in [-0.2, -0.15) is 0 Å². The summed E-state index contributed by atoms with van der Waals surface area (Å²) in [5.41, 5.74) is -0.0401. The monoisotopic (exact) mass is 290 g/mol. The second kappa shape index (κ2) is 4.69. The van der Waals surface area contributed by atoms with Crippen LogP contribution in [0.5, 0.6) is 0 Å². The van der Waals surface area contributed by atoms with E-state index in [0.717, 1.165) is 25.5 Å². The van der Waals surface area contributed by atoms with Gasteiger partial charge in [0.05, 0.1) is 20.3 Å². The molecule has 0 spiro atoms. The van der Waals surface area contributed by atoms with Crippen molar-refractivity contribution >= 4 is 13.3 Å². The standard InChI is InChI=1S/C17H26O2Si/c1-5-17-11-14(2)16(19-17,12-18-17)13-20(3,4)15-9-7-6-8-10-15/h6-10,14H,5,11-13H2,1-4H3. The summed E-state index contributed by atoms with van der Waals surface area (Å²) in [5, 5.41) is 1.52. The van der Waals surface area contributed by atoms with Crippen molar-refractivity contribution in [2.24, 2.45) is 5.92 Å². The number of benzene rings is 1. The van der Waals surface area contributed by atoms with Crippen LogP contribution >= 0.6 is 0 Å². The number of ether oxygens (including phenoxy) is 2. The lowest BCUT2D eigenvalue weighted by molar-refractivity contribution is -0.153. The van der Waals surface area contributed by atoms with Crippen molar-refractivity contribution in [1.29, 1.82) is 0 Å². The van der Waals surface area contributed by atoms with E-state index in [4.69, 9.17) is 9.47 Å². The number of rotatable bonds is 4. The largest absolute Gasteiger partial charge is 0.347 e. The van der Waals surface area contributed by atoms with Gasteiger partial charge in [-0.25, -0.2) is 0 Å². The zero-order valence-electron chi connectivity index (χ0n) is 13.1. The molecule has 2 aliphatic heterocycles. The Morgan fingerprint density at radius 2 is 1.95 bits per heavy atom. The Labute approximate surface area is 123 Å². The summed E-state index contributed by atoms with van der Waals surface area (Å²) in [6.45, 7) is 10.2.